The summed E-state index contributed by atoms with van der Waals surface area (Å²) in [7, 11) is 0. The minimum Gasteiger partial charge on any atom is -0.390 e. The lowest BCUT2D eigenvalue weighted by Crippen LogP contribution is -2.25. The van der Waals surface area contributed by atoms with Crippen molar-refractivity contribution < 1.29 is 19.8 Å². The molecule has 0 fully saturated rings. The van der Waals surface area contributed by atoms with Gasteiger partial charge in [-0.2, -0.15) is 0 Å². The molecule has 1 amide bonds. The molecule has 4 N–H and O–H groups in total. The molecule has 0 radical (unpaired) electrons. The average molecular weight is 272 g/mol. The van der Waals surface area contributed by atoms with E-state index in [1.54, 1.807) is 0 Å². The number of hydrogen-bond acceptors (Lipinski definition) is 4. The highest BCUT2D eigenvalue weighted by atomic mass is 35.5. The third kappa shape index (κ3) is 3.53. The van der Waals surface area contributed by atoms with E-state index in [1.807, 2.05) is 0 Å². The summed E-state index contributed by atoms with van der Waals surface area (Å²) >= 11 is 5.82. The molecule has 0 heterocycles. The molecule has 1 rings (SSSR count). The van der Waals surface area contributed by atoms with E-state index in [9.17, 15) is 19.8 Å². The van der Waals surface area contributed by atoms with Crippen molar-refractivity contribution in [3.05, 3.63) is 34.3 Å². The van der Waals surface area contributed by atoms with Crippen LogP contribution in [0.4, 0.5) is 0 Å². The highest BCUT2D eigenvalue weighted by Gasteiger charge is 2.21. The number of amides is 1. The van der Waals surface area contributed by atoms with Gasteiger partial charge in [-0.15, -0.1) is 0 Å². The molecular formula is C12H14ClNO4. The van der Waals surface area contributed by atoms with Crippen molar-refractivity contribution in [3.63, 3.8) is 0 Å². The van der Waals surface area contributed by atoms with Crippen molar-refractivity contribution in [3.8, 4) is 0 Å². The second kappa shape index (κ2) is 5.95. The third-order valence-corrected chi connectivity index (χ3v) is 2.82. The monoisotopic (exact) mass is 271 g/mol. The number of Topliss-reactive ketones (excluding diaryl/α,β-unsaturated/α-hetero) is 1. The van der Waals surface area contributed by atoms with Crippen molar-refractivity contribution in [2.75, 3.05) is 0 Å². The van der Waals surface area contributed by atoms with Crippen LogP contribution in [-0.2, 0) is 4.79 Å². The largest absolute Gasteiger partial charge is 0.390 e. The van der Waals surface area contributed by atoms with Gasteiger partial charge in [-0.1, -0.05) is 17.7 Å². The number of halogens is 1. The standard InChI is InChI=1S/C12H14ClNO4/c1-6(15)8-4-7(2-3-9(8)13)12(18)10(16)5-11(14)17/h2-4,10,12,16,18H,5H2,1H3,(H2,14,17). The molecule has 0 aliphatic heterocycles. The Morgan fingerprint density at radius 3 is 2.50 bits per heavy atom. The number of nitrogens with two attached hydrogens (primary N) is 1. The second-order valence-corrected chi connectivity index (χ2v) is 4.39. The van der Waals surface area contributed by atoms with Crippen molar-refractivity contribution in [1.29, 1.82) is 0 Å². The van der Waals surface area contributed by atoms with E-state index in [0.717, 1.165) is 0 Å². The lowest BCUT2D eigenvalue weighted by Gasteiger charge is -2.17. The summed E-state index contributed by atoms with van der Waals surface area (Å²) in [5.41, 5.74) is 5.48. The number of carbonyl (C=O) groups excluding carboxylic acids is 2. The Bertz CT molecular complexity index is 475. The maximum absolute atomic E-state index is 11.3. The molecule has 0 bridgehead atoms. The zero-order chi connectivity index (χ0) is 13.9. The fourth-order valence-corrected chi connectivity index (χ4v) is 1.79. The fraction of sp³-hybridized carbons (Fsp3) is 0.333. The summed E-state index contributed by atoms with van der Waals surface area (Å²) in [4.78, 5) is 21.9. The van der Waals surface area contributed by atoms with Crippen LogP contribution >= 0.6 is 11.6 Å². The molecule has 1 aromatic carbocycles. The van der Waals surface area contributed by atoms with Gasteiger partial charge in [0.15, 0.2) is 5.78 Å². The number of primary amides is 1. The van der Waals surface area contributed by atoms with Gasteiger partial charge in [-0.3, -0.25) is 9.59 Å². The van der Waals surface area contributed by atoms with Gasteiger partial charge in [-0.25, -0.2) is 0 Å². The molecule has 98 valence electrons. The van der Waals surface area contributed by atoms with Crippen molar-refractivity contribution >= 4 is 23.3 Å². The van der Waals surface area contributed by atoms with Crippen molar-refractivity contribution in [2.45, 2.75) is 25.6 Å². The minimum absolute atomic E-state index is 0.250. The normalized spacial score (nSPS) is 14.0. The van der Waals surface area contributed by atoms with Gasteiger partial charge in [0.1, 0.15) is 6.10 Å². The van der Waals surface area contributed by atoms with Gasteiger partial charge in [-0.05, 0) is 24.6 Å². The molecule has 6 heteroatoms. The molecule has 5 nitrogen and oxygen atoms in total. The zero-order valence-corrected chi connectivity index (χ0v) is 10.5. The van der Waals surface area contributed by atoms with E-state index in [-0.39, 0.29) is 22.8 Å². The Morgan fingerprint density at radius 1 is 1.39 bits per heavy atom. The number of aliphatic hydroxyl groups excluding tert-OH is 2. The second-order valence-electron chi connectivity index (χ2n) is 3.98. The first-order valence-electron chi connectivity index (χ1n) is 5.27. The molecule has 1 aromatic rings. The van der Waals surface area contributed by atoms with E-state index >= 15 is 0 Å². The van der Waals surface area contributed by atoms with Crippen LogP contribution in [0.3, 0.4) is 0 Å². The first-order valence-corrected chi connectivity index (χ1v) is 5.65. The predicted molar refractivity (Wildman–Crippen MR) is 66.2 cm³/mol. The molecular weight excluding hydrogens is 258 g/mol. The molecule has 0 aliphatic carbocycles. The highest BCUT2D eigenvalue weighted by Crippen LogP contribution is 2.24. The van der Waals surface area contributed by atoms with Crippen LogP contribution in [0, 0.1) is 0 Å². The van der Waals surface area contributed by atoms with Crippen molar-refractivity contribution in [1.82, 2.24) is 0 Å². The number of aliphatic hydroxyl groups is 2. The Kier molecular flexibility index (Phi) is 4.84. The van der Waals surface area contributed by atoms with E-state index < -0.39 is 18.1 Å². The van der Waals surface area contributed by atoms with Crippen LogP contribution in [0.2, 0.25) is 5.02 Å². The minimum atomic E-state index is -1.32. The number of benzene rings is 1. The summed E-state index contributed by atoms with van der Waals surface area (Å²) < 4.78 is 0. The van der Waals surface area contributed by atoms with E-state index in [0.29, 0.717) is 5.56 Å². The fourth-order valence-electron chi connectivity index (χ4n) is 1.54. The van der Waals surface area contributed by atoms with Crippen LogP contribution < -0.4 is 5.73 Å². The highest BCUT2D eigenvalue weighted by molar-refractivity contribution is 6.33. The van der Waals surface area contributed by atoms with Crippen LogP contribution in [0.25, 0.3) is 0 Å². The molecule has 0 saturated heterocycles. The maximum Gasteiger partial charge on any atom is 0.220 e. The molecule has 2 atom stereocenters. The van der Waals surface area contributed by atoms with Gasteiger partial charge in [0.2, 0.25) is 5.91 Å². The lowest BCUT2D eigenvalue weighted by molar-refractivity contribution is -0.121. The molecule has 0 aromatic heterocycles. The molecule has 0 spiro atoms. The first kappa shape index (κ1) is 14.6. The van der Waals surface area contributed by atoms with Crippen LogP contribution in [-0.4, -0.2) is 28.0 Å². The summed E-state index contributed by atoms with van der Waals surface area (Å²) in [5.74, 6) is -0.972. The Hall–Kier alpha value is -1.43. The summed E-state index contributed by atoms with van der Waals surface area (Å²) in [5, 5.41) is 19.7. The van der Waals surface area contributed by atoms with Gasteiger partial charge in [0.25, 0.3) is 0 Å². The number of rotatable bonds is 5. The topological polar surface area (TPSA) is 101 Å². The SMILES string of the molecule is CC(=O)c1cc(C(O)C(O)CC(N)=O)ccc1Cl. The maximum atomic E-state index is 11.3. The summed E-state index contributed by atoms with van der Waals surface area (Å²) in [6.45, 7) is 1.34. The molecule has 2 unspecified atom stereocenters. The summed E-state index contributed by atoms with van der Waals surface area (Å²) in [6, 6.07) is 4.32. The van der Waals surface area contributed by atoms with Gasteiger partial charge >= 0.3 is 0 Å². The number of hydrogen-bond donors (Lipinski definition) is 3. The van der Waals surface area contributed by atoms with Crippen LogP contribution in [0.15, 0.2) is 18.2 Å². The van der Waals surface area contributed by atoms with E-state index in [2.05, 4.69) is 0 Å². The van der Waals surface area contributed by atoms with Gasteiger partial charge < -0.3 is 15.9 Å². The van der Waals surface area contributed by atoms with Crippen LogP contribution in [0.5, 0.6) is 0 Å². The quantitative estimate of drug-likeness (QED) is 0.690. The van der Waals surface area contributed by atoms with Crippen LogP contribution in [0.1, 0.15) is 35.4 Å². The zero-order valence-electron chi connectivity index (χ0n) is 9.76. The number of carbonyl (C=O) groups is 2. The predicted octanol–water partition coefficient (Wildman–Crippen LogP) is 0.812. The lowest BCUT2D eigenvalue weighted by atomic mass is 9.99. The molecule has 0 saturated carbocycles. The smallest absolute Gasteiger partial charge is 0.220 e. The molecule has 18 heavy (non-hydrogen) atoms. The van der Waals surface area contributed by atoms with Gasteiger partial charge in [0, 0.05) is 5.56 Å². The summed E-state index contributed by atoms with van der Waals surface area (Å²) in [6.07, 6.45) is -2.98. The third-order valence-electron chi connectivity index (χ3n) is 2.49. The first-order chi connectivity index (χ1) is 8.32. The average Bonchev–Trinajstić information content (AvgIpc) is 2.27. The van der Waals surface area contributed by atoms with E-state index in [1.165, 1.54) is 25.1 Å². The van der Waals surface area contributed by atoms with E-state index in [4.69, 9.17) is 17.3 Å². The Morgan fingerprint density at radius 2 is 2.00 bits per heavy atom. The Labute approximate surface area is 109 Å². The Balaban J connectivity index is 2.99. The van der Waals surface area contributed by atoms with Gasteiger partial charge in [0.05, 0.1) is 17.5 Å². The number of ketones is 1. The van der Waals surface area contributed by atoms with Crippen molar-refractivity contribution in [2.24, 2.45) is 5.73 Å². The molecule has 0 aliphatic rings.